The molecule has 1 N–H and O–H groups in total. The fourth-order valence-electron chi connectivity index (χ4n) is 1.08. The number of ether oxygens (including phenoxy) is 1. The van der Waals surface area contributed by atoms with Gasteiger partial charge in [0.05, 0.1) is 6.07 Å². The fraction of sp³-hybridized carbons (Fsp3) is 0.154. The van der Waals surface area contributed by atoms with Gasteiger partial charge < -0.3 is 10.1 Å². The first-order valence-corrected chi connectivity index (χ1v) is 5.17. The third-order valence-electron chi connectivity index (χ3n) is 1.94. The highest BCUT2D eigenvalue weighted by atomic mass is 16.5. The fourth-order valence-corrected chi connectivity index (χ4v) is 1.08. The van der Waals surface area contributed by atoms with Gasteiger partial charge in [0.1, 0.15) is 12.2 Å². The summed E-state index contributed by atoms with van der Waals surface area (Å²) in [5, 5.41) is 10.9. The Labute approximate surface area is 105 Å². The molecule has 0 unspecified atom stereocenters. The van der Waals surface area contributed by atoms with Gasteiger partial charge in [0.2, 0.25) is 5.91 Å². The van der Waals surface area contributed by atoms with Crippen LogP contribution in [0.25, 0.3) is 0 Å². The third-order valence-corrected chi connectivity index (χ3v) is 1.94. The molecule has 0 saturated carbocycles. The lowest BCUT2D eigenvalue weighted by Gasteiger charge is -2.06. The average Bonchev–Trinajstić information content (AvgIpc) is 2.31. The molecule has 0 bridgehead atoms. The highest BCUT2D eigenvalue weighted by molar-refractivity contribution is 5.92. The van der Waals surface area contributed by atoms with Gasteiger partial charge in [-0.1, -0.05) is 6.58 Å². The Balaban J connectivity index is 2.63. The van der Waals surface area contributed by atoms with Crippen LogP contribution in [-0.2, 0) is 9.59 Å². The van der Waals surface area contributed by atoms with Gasteiger partial charge in [0.25, 0.3) is 0 Å². The maximum absolute atomic E-state index is 11.2. The maximum atomic E-state index is 11.2. The van der Waals surface area contributed by atoms with Crippen LogP contribution in [0.1, 0.15) is 13.3 Å². The van der Waals surface area contributed by atoms with E-state index in [1.807, 2.05) is 0 Å². The number of carbonyl (C=O) groups excluding carboxylic acids is 2. The molecule has 1 rings (SSSR count). The SMILES string of the molecule is C=C(C)C(=O)Oc1ccc(NC(=O)CC#N)cc1. The molecule has 1 amide bonds. The second kappa shape index (κ2) is 6.21. The first-order valence-electron chi connectivity index (χ1n) is 5.17. The second-order valence-electron chi connectivity index (χ2n) is 3.58. The number of benzene rings is 1. The van der Waals surface area contributed by atoms with Crippen molar-refractivity contribution in [3.8, 4) is 11.8 Å². The van der Waals surface area contributed by atoms with E-state index >= 15 is 0 Å². The van der Waals surface area contributed by atoms with E-state index in [0.717, 1.165) is 0 Å². The Morgan fingerprint density at radius 2 is 2.00 bits per heavy atom. The number of nitriles is 1. The van der Waals surface area contributed by atoms with E-state index < -0.39 is 5.97 Å². The van der Waals surface area contributed by atoms with Crippen LogP contribution < -0.4 is 10.1 Å². The molecule has 1 aromatic rings. The minimum Gasteiger partial charge on any atom is -0.423 e. The molecular weight excluding hydrogens is 232 g/mol. The summed E-state index contributed by atoms with van der Waals surface area (Å²) in [5.74, 6) is -0.526. The standard InChI is InChI=1S/C13H12N2O3/c1-9(2)13(17)18-11-5-3-10(4-6-11)15-12(16)7-8-14/h3-6H,1,7H2,2H3,(H,15,16). The number of carbonyl (C=O) groups is 2. The van der Waals surface area contributed by atoms with Crippen LogP contribution in [0, 0.1) is 11.3 Å². The number of esters is 1. The van der Waals surface area contributed by atoms with E-state index in [-0.39, 0.29) is 12.3 Å². The quantitative estimate of drug-likeness (QED) is 0.499. The summed E-state index contributed by atoms with van der Waals surface area (Å²) in [4.78, 5) is 22.4. The normalized spacial score (nSPS) is 9.11. The van der Waals surface area contributed by atoms with Crippen LogP contribution in [0.3, 0.4) is 0 Å². The monoisotopic (exact) mass is 244 g/mol. The van der Waals surface area contributed by atoms with Gasteiger partial charge in [0.15, 0.2) is 0 Å². The van der Waals surface area contributed by atoms with E-state index in [9.17, 15) is 9.59 Å². The third kappa shape index (κ3) is 4.10. The number of amides is 1. The van der Waals surface area contributed by atoms with Crippen molar-refractivity contribution in [2.45, 2.75) is 13.3 Å². The number of hydrogen-bond donors (Lipinski definition) is 1. The van der Waals surface area contributed by atoms with Gasteiger partial charge in [-0.2, -0.15) is 5.26 Å². The number of anilines is 1. The van der Waals surface area contributed by atoms with Gasteiger partial charge in [-0.25, -0.2) is 4.79 Å². The van der Waals surface area contributed by atoms with Crippen LogP contribution in [0.15, 0.2) is 36.4 Å². The van der Waals surface area contributed by atoms with E-state index in [0.29, 0.717) is 17.0 Å². The minimum atomic E-state index is -0.503. The van der Waals surface area contributed by atoms with Crippen LogP contribution >= 0.6 is 0 Å². The molecule has 18 heavy (non-hydrogen) atoms. The summed E-state index contributed by atoms with van der Waals surface area (Å²) in [6.07, 6.45) is -0.202. The predicted octanol–water partition coefficient (Wildman–Crippen LogP) is 2.02. The molecule has 0 radical (unpaired) electrons. The Hall–Kier alpha value is -2.61. The zero-order valence-corrected chi connectivity index (χ0v) is 9.90. The summed E-state index contributed by atoms with van der Waals surface area (Å²) < 4.78 is 4.98. The molecule has 5 heteroatoms. The molecule has 0 heterocycles. The average molecular weight is 244 g/mol. The molecule has 0 fully saturated rings. The summed E-state index contributed by atoms with van der Waals surface area (Å²) >= 11 is 0. The molecule has 0 aliphatic carbocycles. The first-order chi connectivity index (χ1) is 8.52. The van der Waals surface area contributed by atoms with Crippen LogP contribution in [0.2, 0.25) is 0 Å². The van der Waals surface area contributed by atoms with Crippen molar-refractivity contribution >= 4 is 17.6 Å². The molecular formula is C13H12N2O3. The largest absolute Gasteiger partial charge is 0.423 e. The minimum absolute atomic E-state index is 0.202. The number of rotatable bonds is 4. The van der Waals surface area contributed by atoms with Gasteiger partial charge in [-0.05, 0) is 31.2 Å². The summed E-state index contributed by atoms with van der Waals surface area (Å²) in [7, 11) is 0. The molecule has 0 atom stereocenters. The Bertz CT molecular complexity index is 512. The van der Waals surface area contributed by atoms with Gasteiger partial charge in [0, 0.05) is 11.3 Å². The summed E-state index contributed by atoms with van der Waals surface area (Å²) in [6.45, 7) is 5.02. The molecule has 0 saturated heterocycles. The molecule has 5 nitrogen and oxygen atoms in total. The Morgan fingerprint density at radius 3 is 2.50 bits per heavy atom. The van der Waals surface area contributed by atoms with E-state index in [1.54, 1.807) is 37.3 Å². The van der Waals surface area contributed by atoms with Crippen molar-refractivity contribution in [1.82, 2.24) is 0 Å². The van der Waals surface area contributed by atoms with Crippen molar-refractivity contribution in [3.05, 3.63) is 36.4 Å². The Morgan fingerprint density at radius 1 is 1.39 bits per heavy atom. The van der Waals surface area contributed by atoms with Crippen molar-refractivity contribution in [2.24, 2.45) is 0 Å². The van der Waals surface area contributed by atoms with Crippen molar-refractivity contribution in [3.63, 3.8) is 0 Å². The number of hydrogen-bond acceptors (Lipinski definition) is 4. The second-order valence-corrected chi connectivity index (χ2v) is 3.58. The lowest BCUT2D eigenvalue weighted by Crippen LogP contribution is -2.10. The molecule has 0 spiro atoms. The topological polar surface area (TPSA) is 79.2 Å². The van der Waals surface area contributed by atoms with Gasteiger partial charge in [-0.3, -0.25) is 4.79 Å². The zero-order valence-electron chi connectivity index (χ0n) is 9.90. The maximum Gasteiger partial charge on any atom is 0.338 e. The number of nitrogens with one attached hydrogen (secondary N) is 1. The summed E-state index contributed by atoms with van der Waals surface area (Å²) in [5.41, 5.74) is 0.840. The smallest absolute Gasteiger partial charge is 0.338 e. The van der Waals surface area contributed by atoms with Crippen LogP contribution in [-0.4, -0.2) is 11.9 Å². The van der Waals surface area contributed by atoms with Crippen molar-refractivity contribution < 1.29 is 14.3 Å². The van der Waals surface area contributed by atoms with Crippen molar-refractivity contribution in [2.75, 3.05) is 5.32 Å². The highest BCUT2D eigenvalue weighted by Gasteiger charge is 2.05. The van der Waals surface area contributed by atoms with Gasteiger partial charge in [-0.15, -0.1) is 0 Å². The predicted molar refractivity (Wildman–Crippen MR) is 65.8 cm³/mol. The highest BCUT2D eigenvalue weighted by Crippen LogP contribution is 2.16. The van der Waals surface area contributed by atoms with Crippen LogP contribution in [0.4, 0.5) is 5.69 Å². The molecule has 92 valence electrons. The lowest BCUT2D eigenvalue weighted by molar-refractivity contribution is -0.130. The lowest BCUT2D eigenvalue weighted by atomic mass is 10.3. The molecule has 1 aromatic carbocycles. The van der Waals surface area contributed by atoms with E-state index in [4.69, 9.17) is 10.00 Å². The van der Waals surface area contributed by atoms with E-state index in [1.165, 1.54) is 0 Å². The van der Waals surface area contributed by atoms with Gasteiger partial charge >= 0.3 is 5.97 Å². The van der Waals surface area contributed by atoms with Crippen LogP contribution in [0.5, 0.6) is 5.75 Å². The first kappa shape index (κ1) is 13.5. The molecule has 0 aliphatic rings. The van der Waals surface area contributed by atoms with Crippen molar-refractivity contribution in [1.29, 1.82) is 5.26 Å². The Kier molecular flexibility index (Phi) is 4.64. The summed E-state index contributed by atoms with van der Waals surface area (Å²) in [6, 6.07) is 7.99. The molecule has 0 aliphatic heterocycles. The zero-order chi connectivity index (χ0) is 13.5. The molecule has 0 aromatic heterocycles. The van der Waals surface area contributed by atoms with E-state index in [2.05, 4.69) is 11.9 Å². The number of nitrogens with zero attached hydrogens (tertiary/aromatic N) is 1.